The molecule has 1 N–H and O–H groups in total. The summed E-state index contributed by atoms with van der Waals surface area (Å²) in [6.45, 7) is 10.2. The molecule has 24 heavy (non-hydrogen) atoms. The van der Waals surface area contributed by atoms with E-state index in [1.165, 1.54) is 0 Å². The quantitative estimate of drug-likeness (QED) is 0.876. The Hall–Kier alpha value is -1.67. The Morgan fingerprint density at radius 3 is 2.79 bits per heavy atom. The van der Waals surface area contributed by atoms with E-state index in [9.17, 15) is 4.79 Å². The second-order valence-electron chi connectivity index (χ2n) is 7.19. The molecule has 3 heterocycles. The number of carbonyl (C=O) groups is 1. The highest BCUT2D eigenvalue weighted by Crippen LogP contribution is 2.22. The summed E-state index contributed by atoms with van der Waals surface area (Å²) >= 11 is 0. The predicted octanol–water partition coefficient (Wildman–Crippen LogP) is 0.627. The van der Waals surface area contributed by atoms with Gasteiger partial charge in [0.25, 0.3) is 0 Å². The summed E-state index contributed by atoms with van der Waals surface area (Å²) in [5.74, 6) is 1.22. The molecule has 0 aliphatic carbocycles. The van der Waals surface area contributed by atoms with Crippen LogP contribution in [-0.2, 0) is 11.8 Å². The van der Waals surface area contributed by atoms with Crippen LogP contribution in [0.1, 0.15) is 32.7 Å². The molecule has 2 saturated heterocycles. The van der Waals surface area contributed by atoms with Crippen LogP contribution >= 0.6 is 0 Å². The van der Waals surface area contributed by atoms with Crippen molar-refractivity contribution in [2.24, 2.45) is 13.0 Å². The monoisotopic (exact) mass is 336 g/mol. The van der Waals surface area contributed by atoms with Crippen molar-refractivity contribution < 1.29 is 9.53 Å². The molecule has 2 amide bonds. The number of amides is 2. The highest BCUT2D eigenvalue weighted by molar-refractivity contribution is 5.74. The molecule has 1 aromatic heterocycles. The molecule has 0 bridgehead atoms. The van der Waals surface area contributed by atoms with Gasteiger partial charge in [0.2, 0.25) is 0 Å². The van der Waals surface area contributed by atoms with E-state index in [0.29, 0.717) is 31.7 Å². The highest BCUT2D eigenvalue weighted by Gasteiger charge is 2.34. The van der Waals surface area contributed by atoms with Crippen LogP contribution in [0.4, 0.5) is 4.79 Å². The van der Waals surface area contributed by atoms with E-state index < -0.39 is 0 Å². The van der Waals surface area contributed by atoms with Crippen molar-refractivity contribution in [3.05, 3.63) is 12.2 Å². The average Bonchev–Trinajstić information content (AvgIpc) is 3.14. The number of likely N-dealkylation sites (tertiary alicyclic amines) is 1. The number of rotatable bonds is 3. The summed E-state index contributed by atoms with van der Waals surface area (Å²) in [7, 11) is 1.89. The van der Waals surface area contributed by atoms with Gasteiger partial charge in [-0.1, -0.05) is 6.92 Å². The van der Waals surface area contributed by atoms with Crippen LogP contribution in [0.5, 0.6) is 0 Å². The molecule has 0 unspecified atom stereocenters. The van der Waals surface area contributed by atoms with Gasteiger partial charge < -0.3 is 19.5 Å². The lowest BCUT2D eigenvalue weighted by molar-refractivity contribution is -0.0218. The smallest absolute Gasteiger partial charge is 0.317 e. The zero-order valence-electron chi connectivity index (χ0n) is 15.0. The molecule has 1 aromatic rings. The molecular formula is C16H28N6O2. The van der Waals surface area contributed by atoms with Gasteiger partial charge >= 0.3 is 6.03 Å². The zero-order valence-corrected chi connectivity index (χ0v) is 15.0. The van der Waals surface area contributed by atoms with Crippen molar-refractivity contribution in [1.82, 2.24) is 29.9 Å². The van der Waals surface area contributed by atoms with E-state index in [0.717, 1.165) is 18.9 Å². The molecule has 0 radical (unpaired) electrons. The molecule has 3 rings (SSSR count). The maximum absolute atomic E-state index is 12.7. The van der Waals surface area contributed by atoms with Crippen molar-refractivity contribution in [2.75, 3.05) is 32.8 Å². The minimum absolute atomic E-state index is 0.00655. The van der Waals surface area contributed by atoms with Crippen LogP contribution in [0, 0.1) is 5.92 Å². The number of aryl methyl sites for hydroxylation is 1. The molecular weight excluding hydrogens is 308 g/mol. The Kier molecular flexibility index (Phi) is 5.05. The number of nitrogens with zero attached hydrogens (tertiary/aromatic N) is 5. The minimum atomic E-state index is -0.217. The number of hydrogen-bond donors (Lipinski definition) is 1. The second kappa shape index (κ2) is 7.06. The van der Waals surface area contributed by atoms with Crippen molar-refractivity contribution in [1.29, 1.82) is 0 Å². The lowest BCUT2D eigenvalue weighted by Crippen LogP contribution is -2.51. The number of hydrogen-bond acceptors (Lipinski definition) is 5. The lowest BCUT2D eigenvalue weighted by atomic mass is 10.1. The van der Waals surface area contributed by atoms with E-state index in [2.05, 4.69) is 41.2 Å². The van der Waals surface area contributed by atoms with E-state index in [1.54, 1.807) is 6.33 Å². The van der Waals surface area contributed by atoms with E-state index in [-0.39, 0.29) is 18.2 Å². The SMILES string of the molecule is CC(C)N1C[C@@H](C)[C@H](NC(=O)N2CCO[C@H](c3nncn3C)C2)C1. The third-order valence-corrected chi connectivity index (χ3v) is 5.07. The van der Waals surface area contributed by atoms with Crippen LogP contribution in [0.15, 0.2) is 6.33 Å². The first kappa shape index (κ1) is 17.2. The maximum atomic E-state index is 12.7. The third-order valence-electron chi connectivity index (χ3n) is 5.07. The molecule has 3 atom stereocenters. The first-order chi connectivity index (χ1) is 11.5. The summed E-state index contributed by atoms with van der Waals surface area (Å²) in [4.78, 5) is 16.9. The van der Waals surface area contributed by atoms with Gasteiger partial charge in [-0.3, -0.25) is 4.90 Å². The normalized spacial score (nSPS) is 28.5. The van der Waals surface area contributed by atoms with Gasteiger partial charge in [-0.2, -0.15) is 0 Å². The van der Waals surface area contributed by atoms with Crippen molar-refractivity contribution in [2.45, 2.75) is 39.0 Å². The van der Waals surface area contributed by atoms with Gasteiger partial charge in [-0.25, -0.2) is 4.79 Å². The van der Waals surface area contributed by atoms with Gasteiger partial charge in [-0.05, 0) is 19.8 Å². The fourth-order valence-electron chi connectivity index (χ4n) is 3.44. The summed E-state index contributed by atoms with van der Waals surface area (Å²) in [5, 5.41) is 11.2. The van der Waals surface area contributed by atoms with Gasteiger partial charge in [-0.15, -0.1) is 10.2 Å². The summed E-state index contributed by atoms with van der Waals surface area (Å²) in [6, 6.07) is 0.710. The Balaban J connectivity index is 1.58. The van der Waals surface area contributed by atoms with E-state index in [4.69, 9.17) is 4.74 Å². The fraction of sp³-hybridized carbons (Fsp3) is 0.812. The number of nitrogens with one attached hydrogen (secondary N) is 1. The van der Waals surface area contributed by atoms with Gasteiger partial charge in [0.05, 0.1) is 13.2 Å². The third kappa shape index (κ3) is 3.54. The Morgan fingerprint density at radius 2 is 2.17 bits per heavy atom. The molecule has 8 heteroatoms. The number of ether oxygens (including phenoxy) is 1. The van der Waals surface area contributed by atoms with Crippen molar-refractivity contribution >= 4 is 6.03 Å². The Bertz CT molecular complexity index is 575. The predicted molar refractivity (Wildman–Crippen MR) is 89.5 cm³/mol. The van der Waals surface area contributed by atoms with Crippen molar-refractivity contribution in [3.63, 3.8) is 0 Å². The average molecular weight is 336 g/mol. The largest absolute Gasteiger partial charge is 0.366 e. The number of aromatic nitrogens is 3. The molecule has 2 aliphatic heterocycles. The van der Waals surface area contributed by atoms with Crippen LogP contribution < -0.4 is 5.32 Å². The van der Waals surface area contributed by atoms with Gasteiger partial charge in [0.1, 0.15) is 12.4 Å². The summed E-state index contributed by atoms with van der Waals surface area (Å²) < 4.78 is 7.61. The van der Waals surface area contributed by atoms with Crippen LogP contribution in [0.2, 0.25) is 0 Å². The number of urea groups is 1. The van der Waals surface area contributed by atoms with Crippen LogP contribution in [-0.4, -0.2) is 75.5 Å². The summed E-state index contributed by atoms with van der Waals surface area (Å²) in [5.41, 5.74) is 0. The van der Waals surface area contributed by atoms with Crippen LogP contribution in [0.25, 0.3) is 0 Å². The Morgan fingerprint density at radius 1 is 1.38 bits per heavy atom. The molecule has 8 nitrogen and oxygen atoms in total. The van der Waals surface area contributed by atoms with E-state index in [1.807, 2.05) is 16.5 Å². The molecule has 2 fully saturated rings. The van der Waals surface area contributed by atoms with E-state index >= 15 is 0 Å². The summed E-state index contributed by atoms with van der Waals surface area (Å²) in [6.07, 6.45) is 1.43. The lowest BCUT2D eigenvalue weighted by Gasteiger charge is -2.33. The number of carbonyl (C=O) groups excluding carboxylic acids is 1. The van der Waals surface area contributed by atoms with Crippen LogP contribution in [0.3, 0.4) is 0 Å². The highest BCUT2D eigenvalue weighted by atomic mass is 16.5. The first-order valence-corrected chi connectivity index (χ1v) is 8.70. The maximum Gasteiger partial charge on any atom is 0.317 e. The minimum Gasteiger partial charge on any atom is -0.366 e. The number of morpholine rings is 1. The molecule has 0 saturated carbocycles. The molecule has 134 valence electrons. The standard InChI is InChI=1S/C16H28N6O2/c1-11(2)22-7-12(3)13(8-22)18-16(23)21-5-6-24-14(9-21)15-19-17-10-20(15)4/h10-14H,5-9H2,1-4H3,(H,18,23)/t12-,13-,14+/m1/s1. The molecule has 2 aliphatic rings. The first-order valence-electron chi connectivity index (χ1n) is 8.70. The Labute approximate surface area is 143 Å². The molecule has 0 spiro atoms. The second-order valence-corrected chi connectivity index (χ2v) is 7.19. The molecule has 0 aromatic carbocycles. The van der Waals surface area contributed by atoms with Gasteiger partial charge in [0.15, 0.2) is 5.82 Å². The topological polar surface area (TPSA) is 75.5 Å². The van der Waals surface area contributed by atoms with Crippen molar-refractivity contribution in [3.8, 4) is 0 Å². The van der Waals surface area contributed by atoms with Gasteiger partial charge in [0, 0.05) is 38.8 Å². The zero-order chi connectivity index (χ0) is 17.3. The fourth-order valence-corrected chi connectivity index (χ4v) is 3.44.